The van der Waals surface area contributed by atoms with Gasteiger partial charge in [-0.25, -0.2) is 0 Å². The molecule has 1 saturated carbocycles. The number of esters is 1. The van der Waals surface area contributed by atoms with Gasteiger partial charge >= 0.3 is 5.97 Å². The molecule has 31 heavy (non-hydrogen) atoms. The third-order valence-electron chi connectivity index (χ3n) is 6.14. The molecule has 0 spiro atoms. The van der Waals surface area contributed by atoms with Gasteiger partial charge in [-0.1, -0.05) is 26.2 Å². The molecule has 2 aromatic rings. The van der Waals surface area contributed by atoms with Gasteiger partial charge in [-0.2, -0.15) is 0 Å². The van der Waals surface area contributed by atoms with E-state index in [9.17, 15) is 14.4 Å². The van der Waals surface area contributed by atoms with E-state index in [0.717, 1.165) is 30.5 Å². The van der Waals surface area contributed by atoms with Crippen LogP contribution in [-0.2, 0) is 17.8 Å². The van der Waals surface area contributed by atoms with Gasteiger partial charge in [-0.3, -0.25) is 14.4 Å². The molecule has 0 radical (unpaired) electrons. The van der Waals surface area contributed by atoms with Gasteiger partial charge < -0.3 is 14.2 Å². The molecule has 0 aliphatic heterocycles. The number of pyridine rings is 1. The van der Waals surface area contributed by atoms with Crippen molar-refractivity contribution in [3.63, 3.8) is 0 Å². The summed E-state index contributed by atoms with van der Waals surface area (Å²) in [6, 6.07) is 8.39. The summed E-state index contributed by atoms with van der Waals surface area (Å²) in [7, 11) is 1.65. The Morgan fingerprint density at radius 1 is 1.13 bits per heavy atom. The Kier molecular flexibility index (Phi) is 7.31. The molecule has 0 atom stereocenters. The Morgan fingerprint density at radius 3 is 2.35 bits per heavy atom. The van der Waals surface area contributed by atoms with Gasteiger partial charge in [0.2, 0.25) is 0 Å². The number of hydrogen-bond acceptors (Lipinski definition) is 4. The zero-order valence-electron chi connectivity index (χ0n) is 18.9. The monoisotopic (exact) mass is 424 g/mol. The summed E-state index contributed by atoms with van der Waals surface area (Å²) < 4.78 is 6.89. The zero-order valence-corrected chi connectivity index (χ0v) is 18.9. The number of benzene rings is 1. The van der Waals surface area contributed by atoms with Crippen LogP contribution in [-0.4, -0.2) is 23.5 Å². The fourth-order valence-electron chi connectivity index (χ4n) is 4.49. The van der Waals surface area contributed by atoms with E-state index >= 15 is 0 Å². The van der Waals surface area contributed by atoms with Crippen LogP contribution in [0, 0.1) is 12.8 Å². The number of ether oxygens (including phenoxy) is 1. The van der Waals surface area contributed by atoms with Crippen LogP contribution in [0.1, 0.15) is 67.6 Å². The molecule has 1 aromatic heterocycles. The maximum Gasteiger partial charge on any atom is 0.308 e. The molecule has 0 N–H and O–H groups in total. The maximum atomic E-state index is 13.4. The zero-order chi connectivity index (χ0) is 22.5. The van der Waals surface area contributed by atoms with Crippen LogP contribution in [0.4, 0.5) is 5.69 Å². The van der Waals surface area contributed by atoms with Crippen molar-refractivity contribution in [3.05, 3.63) is 57.5 Å². The van der Waals surface area contributed by atoms with Gasteiger partial charge in [0.05, 0.1) is 0 Å². The van der Waals surface area contributed by atoms with Gasteiger partial charge in [0, 0.05) is 31.9 Å². The predicted molar refractivity (Wildman–Crippen MR) is 122 cm³/mol. The SMILES string of the molecule is CCc1c(C)cc(C(=O)N(C)c2ccc(OC(C)=O)cc2)c(=O)n1CC1CCCCC1. The molecule has 6 nitrogen and oxygen atoms in total. The van der Waals surface area contributed by atoms with Crippen LogP contribution in [0.3, 0.4) is 0 Å². The Hall–Kier alpha value is -2.89. The average molecular weight is 425 g/mol. The quantitative estimate of drug-likeness (QED) is 0.506. The second kappa shape index (κ2) is 9.94. The number of carbonyl (C=O) groups excluding carboxylic acids is 2. The first kappa shape index (κ1) is 22.8. The lowest BCUT2D eigenvalue weighted by Crippen LogP contribution is -2.37. The minimum atomic E-state index is -0.401. The average Bonchev–Trinajstić information content (AvgIpc) is 2.76. The first-order valence-corrected chi connectivity index (χ1v) is 11.1. The van der Waals surface area contributed by atoms with Gasteiger partial charge in [0.1, 0.15) is 11.3 Å². The number of aryl methyl sites for hydroxylation is 1. The Labute approximate surface area is 183 Å². The number of carbonyl (C=O) groups is 2. The molecular weight excluding hydrogens is 392 g/mol. The van der Waals surface area contributed by atoms with Crippen molar-refractivity contribution in [2.45, 2.75) is 65.8 Å². The summed E-state index contributed by atoms with van der Waals surface area (Å²) in [5.41, 5.74) is 2.59. The second-order valence-electron chi connectivity index (χ2n) is 8.41. The van der Waals surface area contributed by atoms with Crippen LogP contribution in [0.25, 0.3) is 0 Å². The van der Waals surface area contributed by atoms with E-state index in [1.165, 1.54) is 31.1 Å². The van der Waals surface area contributed by atoms with Crippen molar-refractivity contribution < 1.29 is 14.3 Å². The molecule has 1 fully saturated rings. The molecule has 0 bridgehead atoms. The predicted octanol–water partition coefficient (Wildman–Crippen LogP) is 4.50. The standard InChI is InChI=1S/C25H32N2O4/c1-5-23-17(2)15-22(25(30)27(23)16-19-9-7-6-8-10-19)24(29)26(4)20-11-13-21(14-12-20)31-18(3)28/h11-15,19H,5-10,16H2,1-4H3. The van der Waals surface area contributed by atoms with Crippen molar-refractivity contribution in [3.8, 4) is 5.75 Å². The lowest BCUT2D eigenvalue weighted by molar-refractivity contribution is -0.131. The molecule has 166 valence electrons. The number of rotatable bonds is 6. The second-order valence-corrected chi connectivity index (χ2v) is 8.41. The van der Waals surface area contributed by atoms with Crippen molar-refractivity contribution in [2.24, 2.45) is 5.92 Å². The van der Waals surface area contributed by atoms with E-state index in [4.69, 9.17) is 4.74 Å². The Balaban J connectivity index is 1.91. The number of amides is 1. The molecule has 6 heteroatoms. The number of nitrogens with zero attached hydrogens (tertiary/aromatic N) is 2. The third-order valence-corrected chi connectivity index (χ3v) is 6.14. The molecule has 1 heterocycles. The van der Waals surface area contributed by atoms with Crippen LogP contribution in [0.2, 0.25) is 0 Å². The van der Waals surface area contributed by atoms with E-state index in [2.05, 4.69) is 6.92 Å². The van der Waals surface area contributed by atoms with Gasteiger partial charge in [0.25, 0.3) is 11.5 Å². The summed E-state index contributed by atoms with van der Waals surface area (Å²) >= 11 is 0. The highest BCUT2D eigenvalue weighted by atomic mass is 16.5. The molecule has 1 aliphatic carbocycles. The number of aromatic nitrogens is 1. The number of hydrogen-bond donors (Lipinski definition) is 0. The smallest absolute Gasteiger partial charge is 0.308 e. The van der Waals surface area contributed by atoms with Crippen molar-refractivity contribution >= 4 is 17.6 Å². The van der Waals surface area contributed by atoms with Crippen LogP contribution >= 0.6 is 0 Å². The fraction of sp³-hybridized carbons (Fsp3) is 0.480. The topological polar surface area (TPSA) is 68.6 Å². The largest absolute Gasteiger partial charge is 0.427 e. The Bertz CT molecular complexity index is 1000. The van der Waals surface area contributed by atoms with Gasteiger partial charge in [0.15, 0.2) is 0 Å². The summed E-state index contributed by atoms with van der Waals surface area (Å²) in [5.74, 6) is 0.165. The summed E-state index contributed by atoms with van der Waals surface area (Å²) in [4.78, 5) is 39.2. The van der Waals surface area contributed by atoms with Crippen molar-refractivity contribution in [2.75, 3.05) is 11.9 Å². The molecule has 1 aliphatic rings. The Morgan fingerprint density at radius 2 is 1.77 bits per heavy atom. The molecule has 1 aromatic carbocycles. The maximum absolute atomic E-state index is 13.4. The summed E-state index contributed by atoms with van der Waals surface area (Å²) in [6.45, 7) is 6.05. The highest BCUT2D eigenvalue weighted by molar-refractivity contribution is 6.05. The molecule has 1 amide bonds. The van der Waals surface area contributed by atoms with E-state index in [1.807, 2.05) is 11.5 Å². The normalized spacial score (nSPS) is 14.3. The molecule has 3 rings (SSSR count). The summed E-state index contributed by atoms with van der Waals surface area (Å²) in [5, 5.41) is 0. The van der Waals surface area contributed by atoms with E-state index in [1.54, 1.807) is 37.4 Å². The van der Waals surface area contributed by atoms with E-state index in [-0.39, 0.29) is 17.0 Å². The minimum absolute atomic E-state index is 0.192. The lowest BCUT2D eigenvalue weighted by atomic mass is 9.89. The first-order chi connectivity index (χ1) is 14.8. The molecule has 0 unspecified atom stereocenters. The number of anilines is 1. The van der Waals surface area contributed by atoms with Crippen LogP contribution < -0.4 is 15.2 Å². The van der Waals surface area contributed by atoms with Gasteiger partial charge in [-0.05, 0) is 68.0 Å². The van der Waals surface area contributed by atoms with E-state index < -0.39 is 5.97 Å². The van der Waals surface area contributed by atoms with Crippen LogP contribution in [0.15, 0.2) is 35.1 Å². The van der Waals surface area contributed by atoms with Gasteiger partial charge in [-0.15, -0.1) is 0 Å². The third kappa shape index (κ3) is 5.24. The minimum Gasteiger partial charge on any atom is -0.427 e. The lowest BCUT2D eigenvalue weighted by Gasteiger charge is -2.25. The van der Waals surface area contributed by atoms with E-state index in [0.29, 0.717) is 23.9 Å². The molecule has 0 saturated heterocycles. The summed E-state index contributed by atoms with van der Waals surface area (Å²) in [6.07, 6.45) is 6.73. The fourth-order valence-corrected chi connectivity index (χ4v) is 4.49. The highest BCUT2D eigenvalue weighted by Crippen LogP contribution is 2.26. The van der Waals surface area contributed by atoms with Crippen molar-refractivity contribution in [1.29, 1.82) is 0 Å². The van der Waals surface area contributed by atoms with Crippen LogP contribution in [0.5, 0.6) is 5.75 Å². The van der Waals surface area contributed by atoms with Crippen molar-refractivity contribution in [1.82, 2.24) is 4.57 Å². The first-order valence-electron chi connectivity index (χ1n) is 11.1. The molecular formula is C25H32N2O4. The highest BCUT2D eigenvalue weighted by Gasteiger charge is 2.23.